The molecule has 2 amide bonds. The molecule has 1 saturated heterocycles. The van der Waals surface area contributed by atoms with E-state index in [0.29, 0.717) is 19.6 Å². The molecule has 1 aliphatic rings. The van der Waals surface area contributed by atoms with Gasteiger partial charge in [0.05, 0.1) is 12.1 Å². The van der Waals surface area contributed by atoms with Gasteiger partial charge in [-0.05, 0) is 46.5 Å². The van der Waals surface area contributed by atoms with E-state index >= 15 is 0 Å². The number of hydrogen-bond donors (Lipinski definition) is 1. The number of carbonyl (C=O) groups is 2. The zero-order valence-corrected chi connectivity index (χ0v) is 15.5. The smallest absolute Gasteiger partial charge is 0.410 e. The van der Waals surface area contributed by atoms with E-state index in [1.165, 1.54) is 0 Å². The number of likely N-dealkylation sites (tertiary alicyclic amines) is 1. The summed E-state index contributed by atoms with van der Waals surface area (Å²) in [5.41, 5.74) is 5.47. The molecule has 0 spiro atoms. The molecule has 0 aromatic carbocycles. The Morgan fingerprint density at radius 2 is 1.96 bits per heavy atom. The van der Waals surface area contributed by atoms with Crippen LogP contribution in [0.1, 0.15) is 54.4 Å². The van der Waals surface area contributed by atoms with Crippen molar-refractivity contribution in [3.8, 4) is 0 Å². The number of piperidine rings is 1. The Hall–Kier alpha value is -1.30. The van der Waals surface area contributed by atoms with E-state index in [-0.39, 0.29) is 24.0 Å². The number of ether oxygens (including phenoxy) is 1. The molecule has 0 radical (unpaired) electrons. The third kappa shape index (κ3) is 5.68. The average Bonchev–Trinajstić information content (AvgIpc) is 2.44. The van der Waals surface area contributed by atoms with Crippen molar-refractivity contribution in [3.63, 3.8) is 0 Å². The first-order chi connectivity index (χ1) is 10.6. The summed E-state index contributed by atoms with van der Waals surface area (Å²) in [7, 11) is 0. The molecule has 6 nitrogen and oxygen atoms in total. The highest BCUT2D eigenvalue weighted by Gasteiger charge is 2.33. The van der Waals surface area contributed by atoms with Gasteiger partial charge in [-0.2, -0.15) is 0 Å². The lowest BCUT2D eigenvalue weighted by Gasteiger charge is -2.40. The van der Waals surface area contributed by atoms with E-state index in [1.807, 2.05) is 41.5 Å². The van der Waals surface area contributed by atoms with E-state index in [9.17, 15) is 9.59 Å². The summed E-state index contributed by atoms with van der Waals surface area (Å²) in [5, 5.41) is 0. The molecule has 1 aliphatic heterocycles. The van der Waals surface area contributed by atoms with E-state index in [1.54, 1.807) is 9.80 Å². The molecule has 0 saturated carbocycles. The first-order valence-electron chi connectivity index (χ1n) is 8.60. The highest BCUT2D eigenvalue weighted by molar-refractivity contribution is 5.82. The lowest BCUT2D eigenvalue weighted by Crippen LogP contribution is -2.56. The lowest BCUT2D eigenvalue weighted by atomic mass is 10.00. The number of nitrogens with zero attached hydrogens (tertiary/aromatic N) is 2. The summed E-state index contributed by atoms with van der Waals surface area (Å²) in [5.74, 6) is 0.0842. The van der Waals surface area contributed by atoms with Crippen molar-refractivity contribution in [1.82, 2.24) is 9.80 Å². The van der Waals surface area contributed by atoms with Crippen molar-refractivity contribution in [2.24, 2.45) is 11.7 Å². The minimum Gasteiger partial charge on any atom is -0.444 e. The summed E-state index contributed by atoms with van der Waals surface area (Å²) in [4.78, 5) is 28.4. The standard InChI is InChI=1S/C17H33N3O3/c1-7-20(16(22)23-17(4,5)6)13-9-8-10-19(11-13)15(21)14(18)12(2)3/h12-14H,7-11,18H2,1-6H3/t13-,14-/m0/s1. The van der Waals surface area contributed by atoms with Gasteiger partial charge in [0.1, 0.15) is 5.60 Å². The van der Waals surface area contributed by atoms with Gasteiger partial charge in [-0.15, -0.1) is 0 Å². The zero-order valence-electron chi connectivity index (χ0n) is 15.5. The number of likely N-dealkylation sites (N-methyl/N-ethyl adjacent to an activating group) is 1. The Morgan fingerprint density at radius 3 is 2.43 bits per heavy atom. The molecule has 6 heteroatoms. The normalized spacial score (nSPS) is 20.3. The number of rotatable bonds is 4. The summed E-state index contributed by atoms with van der Waals surface area (Å²) in [6.45, 7) is 13.2. The van der Waals surface area contributed by atoms with Crippen LogP contribution in [0.4, 0.5) is 4.79 Å². The van der Waals surface area contributed by atoms with Gasteiger partial charge in [-0.25, -0.2) is 4.79 Å². The van der Waals surface area contributed by atoms with Crippen molar-refractivity contribution in [2.75, 3.05) is 19.6 Å². The minimum atomic E-state index is -0.519. The molecule has 23 heavy (non-hydrogen) atoms. The van der Waals surface area contributed by atoms with Crippen LogP contribution < -0.4 is 5.73 Å². The zero-order chi connectivity index (χ0) is 17.8. The monoisotopic (exact) mass is 327 g/mol. The Bertz CT molecular complexity index is 418. The maximum absolute atomic E-state index is 12.5. The lowest BCUT2D eigenvalue weighted by molar-refractivity contribution is -0.135. The second kappa shape index (κ2) is 7.99. The van der Waals surface area contributed by atoms with Crippen molar-refractivity contribution < 1.29 is 14.3 Å². The molecule has 1 fully saturated rings. The minimum absolute atomic E-state index is 0.00749. The molecule has 1 heterocycles. The van der Waals surface area contributed by atoms with Crippen LogP contribution in [0.5, 0.6) is 0 Å². The van der Waals surface area contributed by atoms with Crippen molar-refractivity contribution in [2.45, 2.75) is 72.1 Å². The molecule has 1 rings (SSSR count). The summed E-state index contributed by atoms with van der Waals surface area (Å²) < 4.78 is 5.48. The maximum atomic E-state index is 12.5. The van der Waals surface area contributed by atoms with Gasteiger partial charge in [0.15, 0.2) is 0 Å². The average molecular weight is 327 g/mol. The Labute approximate surface area is 140 Å². The summed E-state index contributed by atoms with van der Waals surface area (Å²) in [6.07, 6.45) is 1.45. The highest BCUT2D eigenvalue weighted by Crippen LogP contribution is 2.20. The van der Waals surface area contributed by atoms with Crippen LogP contribution in [-0.2, 0) is 9.53 Å². The largest absolute Gasteiger partial charge is 0.444 e. The predicted octanol–water partition coefficient (Wildman–Crippen LogP) is 2.22. The number of carbonyl (C=O) groups excluding carboxylic acids is 2. The number of hydrogen-bond acceptors (Lipinski definition) is 4. The van der Waals surface area contributed by atoms with E-state index in [4.69, 9.17) is 10.5 Å². The van der Waals surface area contributed by atoms with E-state index < -0.39 is 11.6 Å². The van der Waals surface area contributed by atoms with Crippen LogP contribution in [0.15, 0.2) is 0 Å². The van der Waals surface area contributed by atoms with Crippen molar-refractivity contribution in [3.05, 3.63) is 0 Å². The van der Waals surface area contributed by atoms with Gasteiger partial charge < -0.3 is 20.3 Å². The van der Waals surface area contributed by atoms with Crippen LogP contribution in [-0.4, -0.2) is 59.1 Å². The first kappa shape index (κ1) is 19.7. The topological polar surface area (TPSA) is 75.9 Å². The van der Waals surface area contributed by atoms with Crippen LogP contribution in [0, 0.1) is 5.92 Å². The second-order valence-corrected chi connectivity index (χ2v) is 7.62. The quantitative estimate of drug-likeness (QED) is 0.859. The number of nitrogens with two attached hydrogens (primary N) is 1. The molecule has 0 unspecified atom stereocenters. The van der Waals surface area contributed by atoms with Crippen LogP contribution in [0.2, 0.25) is 0 Å². The van der Waals surface area contributed by atoms with Crippen molar-refractivity contribution in [1.29, 1.82) is 0 Å². The Balaban J connectivity index is 2.75. The second-order valence-electron chi connectivity index (χ2n) is 7.62. The summed E-state index contributed by atoms with van der Waals surface area (Å²) in [6, 6.07) is -0.489. The number of amides is 2. The predicted molar refractivity (Wildman–Crippen MR) is 91.0 cm³/mol. The van der Waals surface area contributed by atoms with E-state index in [2.05, 4.69) is 0 Å². The molecule has 0 bridgehead atoms. The van der Waals surface area contributed by atoms with Crippen molar-refractivity contribution >= 4 is 12.0 Å². The maximum Gasteiger partial charge on any atom is 0.410 e. The molecule has 2 atom stereocenters. The van der Waals surface area contributed by atoms with Crippen LogP contribution >= 0.6 is 0 Å². The fourth-order valence-corrected chi connectivity index (χ4v) is 2.76. The fraction of sp³-hybridized carbons (Fsp3) is 0.882. The third-order valence-electron chi connectivity index (χ3n) is 4.12. The van der Waals surface area contributed by atoms with Gasteiger partial charge in [0, 0.05) is 19.6 Å². The molecular weight excluding hydrogens is 294 g/mol. The molecule has 134 valence electrons. The van der Waals surface area contributed by atoms with E-state index in [0.717, 1.165) is 12.8 Å². The SMILES string of the molecule is CCN(C(=O)OC(C)(C)C)[C@H]1CCCN(C(=O)[C@@H](N)C(C)C)C1. The first-order valence-corrected chi connectivity index (χ1v) is 8.60. The van der Waals surface area contributed by atoms with Gasteiger partial charge in [-0.3, -0.25) is 4.79 Å². The molecule has 0 aliphatic carbocycles. The Kier molecular flexibility index (Phi) is 6.86. The van der Waals surface area contributed by atoms with Crippen LogP contribution in [0.25, 0.3) is 0 Å². The molecule has 0 aromatic rings. The highest BCUT2D eigenvalue weighted by atomic mass is 16.6. The van der Waals surface area contributed by atoms with Gasteiger partial charge >= 0.3 is 6.09 Å². The molecular formula is C17H33N3O3. The van der Waals surface area contributed by atoms with Gasteiger partial charge in [0.2, 0.25) is 5.91 Å². The fourth-order valence-electron chi connectivity index (χ4n) is 2.76. The van der Waals surface area contributed by atoms with Gasteiger partial charge in [-0.1, -0.05) is 13.8 Å². The molecule has 0 aromatic heterocycles. The Morgan fingerprint density at radius 1 is 1.35 bits per heavy atom. The summed E-state index contributed by atoms with van der Waals surface area (Å²) >= 11 is 0. The third-order valence-corrected chi connectivity index (χ3v) is 4.12. The molecule has 2 N–H and O–H groups in total. The van der Waals surface area contributed by atoms with Crippen LogP contribution in [0.3, 0.4) is 0 Å². The van der Waals surface area contributed by atoms with Gasteiger partial charge in [0.25, 0.3) is 0 Å².